The first kappa shape index (κ1) is 20.7. The number of thioether (sulfide) groups is 1. The fourth-order valence-corrected chi connectivity index (χ4v) is 3.97. The molecule has 1 heterocycles. The van der Waals surface area contributed by atoms with E-state index in [1.54, 1.807) is 43.5 Å². The summed E-state index contributed by atoms with van der Waals surface area (Å²) in [6.07, 6.45) is 1.72. The molecule has 0 bridgehead atoms. The van der Waals surface area contributed by atoms with E-state index < -0.39 is 5.91 Å². The minimum Gasteiger partial charge on any atom is -0.495 e. The number of para-hydroxylation sites is 2. The van der Waals surface area contributed by atoms with Crippen LogP contribution in [0.1, 0.15) is 5.56 Å². The highest BCUT2D eigenvalue weighted by Gasteiger charge is 2.34. The monoisotopic (exact) mass is 430 g/mol. The van der Waals surface area contributed by atoms with Crippen LogP contribution < -0.4 is 24.8 Å². The molecule has 3 rings (SSSR count). The maximum Gasteiger partial charge on any atom is 0.270 e. The van der Waals surface area contributed by atoms with Crippen molar-refractivity contribution in [2.75, 3.05) is 25.7 Å². The first-order valence-corrected chi connectivity index (χ1v) is 9.67. The Hall–Kier alpha value is -3.04. The van der Waals surface area contributed by atoms with Gasteiger partial charge in [0.05, 0.1) is 24.8 Å². The van der Waals surface area contributed by atoms with E-state index in [0.717, 1.165) is 0 Å². The van der Waals surface area contributed by atoms with Gasteiger partial charge in [-0.05, 0) is 35.9 Å². The summed E-state index contributed by atoms with van der Waals surface area (Å²) >= 11 is 6.61. The number of nitrogens with zero attached hydrogens (tertiary/aromatic N) is 1. The molecule has 150 valence electrons. The van der Waals surface area contributed by atoms with Crippen LogP contribution >= 0.6 is 24.0 Å². The van der Waals surface area contributed by atoms with E-state index in [1.165, 1.54) is 23.8 Å². The van der Waals surface area contributed by atoms with Gasteiger partial charge in [0, 0.05) is 0 Å². The molecule has 0 saturated carbocycles. The topological polar surface area (TPSA) is 91.1 Å². The molecule has 7 nitrogen and oxygen atoms in total. The third kappa shape index (κ3) is 4.52. The van der Waals surface area contributed by atoms with Crippen molar-refractivity contribution in [1.29, 1.82) is 0 Å². The zero-order chi connectivity index (χ0) is 21.0. The van der Waals surface area contributed by atoms with E-state index in [2.05, 4.69) is 0 Å². The minimum absolute atomic E-state index is 0.238. The number of carbonyl (C=O) groups excluding carboxylic acids is 2. The summed E-state index contributed by atoms with van der Waals surface area (Å²) in [5.41, 5.74) is 6.41. The van der Waals surface area contributed by atoms with Crippen molar-refractivity contribution in [3.63, 3.8) is 0 Å². The molecule has 2 aromatic carbocycles. The van der Waals surface area contributed by atoms with Crippen molar-refractivity contribution >= 4 is 51.9 Å². The zero-order valence-electron chi connectivity index (χ0n) is 15.7. The van der Waals surface area contributed by atoms with Crippen molar-refractivity contribution in [3.8, 4) is 17.2 Å². The summed E-state index contributed by atoms with van der Waals surface area (Å²) in [6.45, 7) is -0.257. The van der Waals surface area contributed by atoms with E-state index in [9.17, 15) is 9.59 Å². The van der Waals surface area contributed by atoms with Crippen LogP contribution in [-0.4, -0.2) is 37.0 Å². The van der Waals surface area contributed by atoms with E-state index in [1.807, 2.05) is 12.1 Å². The van der Waals surface area contributed by atoms with Gasteiger partial charge in [0.25, 0.3) is 11.8 Å². The molecule has 0 aliphatic carbocycles. The van der Waals surface area contributed by atoms with Crippen molar-refractivity contribution in [2.24, 2.45) is 5.73 Å². The molecule has 0 atom stereocenters. The number of anilines is 1. The van der Waals surface area contributed by atoms with Gasteiger partial charge in [-0.25, -0.2) is 0 Å². The number of hydrogen-bond donors (Lipinski definition) is 1. The first-order valence-electron chi connectivity index (χ1n) is 8.44. The number of hydrogen-bond acceptors (Lipinski definition) is 7. The van der Waals surface area contributed by atoms with Crippen molar-refractivity contribution in [3.05, 3.63) is 52.9 Å². The number of thiocarbonyl (C=S) groups is 1. The molecule has 1 fully saturated rings. The predicted octanol–water partition coefficient (Wildman–Crippen LogP) is 2.97. The summed E-state index contributed by atoms with van der Waals surface area (Å²) in [5, 5.41) is 0. The number of ether oxygens (including phenoxy) is 3. The van der Waals surface area contributed by atoms with Crippen LogP contribution in [0, 0.1) is 0 Å². The Morgan fingerprint density at radius 2 is 1.86 bits per heavy atom. The number of rotatable bonds is 7. The molecular formula is C20H18N2O5S2. The molecule has 9 heteroatoms. The van der Waals surface area contributed by atoms with E-state index >= 15 is 0 Å². The van der Waals surface area contributed by atoms with Crippen molar-refractivity contribution < 1.29 is 23.8 Å². The summed E-state index contributed by atoms with van der Waals surface area (Å²) in [5.74, 6) is 0.529. The molecule has 2 N–H and O–H groups in total. The molecule has 0 unspecified atom stereocenters. The van der Waals surface area contributed by atoms with Crippen molar-refractivity contribution in [1.82, 2.24) is 0 Å². The van der Waals surface area contributed by atoms with Gasteiger partial charge in [-0.15, -0.1) is 0 Å². The summed E-state index contributed by atoms with van der Waals surface area (Å²) in [6, 6.07) is 12.3. The van der Waals surface area contributed by atoms with Crippen LogP contribution in [0.25, 0.3) is 6.08 Å². The Balaban J connectivity index is 1.88. The van der Waals surface area contributed by atoms with Crippen LogP contribution in [0.4, 0.5) is 5.69 Å². The number of amides is 2. The lowest BCUT2D eigenvalue weighted by molar-refractivity contribution is -0.120. The second-order valence-electron chi connectivity index (χ2n) is 5.85. The predicted molar refractivity (Wildman–Crippen MR) is 116 cm³/mol. The van der Waals surface area contributed by atoms with Crippen molar-refractivity contribution in [2.45, 2.75) is 0 Å². The molecule has 0 aromatic heterocycles. The minimum atomic E-state index is -0.587. The molecule has 0 spiro atoms. The third-order valence-electron chi connectivity index (χ3n) is 3.98. The van der Waals surface area contributed by atoms with Crippen LogP contribution in [0.3, 0.4) is 0 Å². The Labute approximate surface area is 177 Å². The molecule has 29 heavy (non-hydrogen) atoms. The highest BCUT2D eigenvalue weighted by molar-refractivity contribution is 8.27. The van der Waals surface area contributed by atoms with E-state index in [0.29, 0.717) is 37.7 Å². The van der Waals surface area contributed by atoms with Gasteiger partial charge in [-0.3, -0.25) is 14.5 Å². The smallest absolute Gasteiger partial charge is 0.270 e. The van der Waals surface area contributed by atoms with Crippen LogP contribution in [-0.2, 0) is 9.59 Å². The Morgan fingerprint density at radius 1 is 1.14 bits per heavy atom. The average Bonchev–Trinajstić information content (AvgIpc) is 2.99. The highest BCUT2D eigenvalue weighted by Crippen LogP contribution is 2.40. The van der Waals surface area contributed by atoms with Crippen LogP contribution in [0.5, 0.6) is 17.2 Å². The molecule has 0 radical (unpaired) electrons. The molecule has 1 aliphatic rings. The lowest BCUT2D eigenvalue weighted by atomic mass is 10.1. The maximum absolute atomic E-state index is 13.0. The third-order valence-corrected chi connectivity index (χ3v) is 5.28. The van der Waals surface area contributed by atoms with Crippen LogP contribution in [0.15, 0.2) is 47.4 Å². The number of primary amides is 1. The molecule has 2 amide bonds. The SMILES string of the molecule is COc1cc(/C=C2/SC(=S)N(c3ccccc3OC)C2=O)ccc1OCC(N)=O. The van der Waals surface area contributed by atoms with Gasteiger partial charge >= 0.3 is 0 Å². The fraction of sp³-hybridized carbons (Fsp3) is 0.150. The maximum atomic E-state index is 13.0. The normalized spacial score (nSPS) is 15.0. The summed E-state index contributed by atoms with van der Waals surface area (Å²) in [7, 11) is 3.03. The average molecular weight is 431 g/mol. The quantitative estimate of drug-likeness (QED) is 0.533. The number of carbonyl (C=O) groups is 2. The Kier molecular flexibility index (Phi) is 6.40. The van der Waals surface area contributed by atoms with Gasteiger partial charge in [-0.1, -0.05) is 42.2 Å². The summed E-state index contributed by atoms with van der Waals surface area (Å²) in [4.78, 5) is 25.8. The lowest BCUT2D eigenvalue weighted by Gasteiger charge is -2.17. The van der Waals surface area contributed by atoms with Gasteiger partial charge in [-0.2, -0.15) is 0 Å². The summed E-state index contributed by atoms with van der Waals surface area (Å²) < 4.78 is 16.4. The molecule has 2 aromatic rings. The van der Waals surface area contributed by atoms with Gasteiger partial charge in [0.1, 0.15) is 5.75 Å². The largest absolute Gasteiger partial charge is 0.495 e. The zero-order valence-corrected chi connectivity index (χ0v) is 17.3. The molecule has 1 aliphatic heterocycles. The van der Waals surface area contributed by atoms with E-state index in [4.69, 9.17) is 32.2 Å². The highest BCUT2D eigenvalue weighted by atomic mass is 32.2. The number of benzene rings is 2. The van der Waals surface area contributed by atoms with E-state index in [-0.39, 0.29) is 12.5 Å². The fourth-order valence-electron chi connectivity index (χ4n) is 2.68. The van der Waals surface area contributed by atoms with Gasteiger partial charge < -0.3 is 19.9 Å². The standard InChI is InChI=1S/C20H18N2O5S2/c1-25-14-6-4-3-5-13(14)22-19(24)17(29-20(22)28)10-12-7-8-15(16(9-12)26-2)27-11-18(21)23/h3-10H,11H2,1-2H3,(H2,21,23)/b17-10+. The molecule has 1 saturated heterocycles. The Morgan fingerprint density at radius 3 is 2.55 bits per heavy atom. The second-order valence-corrected chi connectivity index (χ2v) is 7.53. The van der Waals surface area contributed by atoms with Gasteiger partial charge in [0.2, 0.25) is 0 Å². The lowest BCUT2D eigenvalue weighted by Crippen LogP contribution is -2.27. The second kappa shape index (κ2) is 8.97. The van der Waals surface area contributed by atoms with Gasteiger partial charge in [0.15, 0.2) is 22.4 Å². The number of methoxy groups -OCH3 is 2. The Bertz CT molecular complexity index is 1010. The number of nitrogens with two attached hydrogens (primary N) is 1. The first-order chi connectivity index (χ1) is 13.9. The molecular weight excluding hydrogens is 412 g/mol. The van der Waals surface area contributed by atoms with Crippen LogP contribution in [0.2, 0.25) is 0 Å².